The monoisotopic (exact) mass is 241 g/mol. The number of nitrogens with two attached hydrogens (primary N) is 1. The van der Waals surface area contributed by atoms with Crippen molar-refractivity contribution in [3.63, 3.8) is 0 Å². The number of hydrogen-bond donors (Lipinski definition) is 2. The first-order valence-corrected chi connectivity index (χ1v) is 6.57. The lowest BCUT2D eigenvalue weighted by Gasteiger charge is -2.27. The molecule has 0 aromatic carbocycles. The van der Waals surface area contributed by atoms with Gasteiger partial charge in [0, 0.05) is 19.7 Å². The summed E-state index contributed by atoms with van der Waals surface area (Å²) in [6.07, 6.45) is 2.59. The molecule has 1 rings (SSSR count). The molecule has 3 N–H and O–H groups in total. The maximum Gasteiger partial charge on any atom is 0.188 e. The van der Waals surface area contributed by atoms with Crippen molar-refractivity contribution in [3.05, 3.63) is 0 Å². The van der Waals surface area contributed by atoms with Crippen molar-refractivity contribution in [3.8, 4) is 0 Å². The van der Waals surface area contributed by atoms with Crippen LogP contribution in [-0.2, 0) is 4.74 Å². The SMILES string of the molecule is CC(C)C(C)(C)CN=C(N)NCC1CCCO1. The highest BCUT2D eigenvalue weighted by Gasteiger charge is 2.22. The molecule has 0 amide bonds. The number of aliphatic imine (C=N–C) groups is 1. The lowest BCUT2D eigenvalue weighted by Crippen LogP contribution is -2.38. The van der Waals surface area contributed by atoms with Crippen LogP contribution in [0, 0.1) is 11.3 Å². The second-order valence-corrected chi connectivity index (χ2v) is 5.86. The van der Waals surface area contributed by atoms with Gasteiger partial charge in [0.2, 0.25) is 0 Å². The molecular formula is C13H27N3O. The third kappa shape index (κ3) is 4.94. The van der Waals surface area contributed by atoms with Crippen LogP contribution in [-0.4, -0.2) is 31.8 Å². The Bertz CT molecular complexity index is 255. The maximum absolute atomic E-state index is 5.84. The summed E-state index contributed by atoms with van der Waals surface area (Å²) < 4.78 is 5.51. The van der Waals surface area contributed by atoms with E-state index in [4.69, 9.17) is 10.5 Å². The van der Waals surface area contributed by atoms with Crippen LogP contribution >= 0.6 is 0 Å². The van der Waals surface area contributed by atoms with E-state index in [1.165, 1.54) is 0 Å². The molecule has 1 saturated heterocycles. The van der Waals surface area contributed by atoms with Crippen molar-refractivity contribution < 1.29 is 4.74 Å². The summed E-state index contributed by atoms with van der Waals surface area (Å²) in [5.41, 5.74) is 6.03. The summed E-state index contributed by atoms with van der Waals surface area (Å²) in [6, 6.07) is 0. The Morgan fingerprint density at radius 2 is 2.24 bits per heavy atom. The standard InChI is InChI=1S/C13H27N3O/c1-10(2)13(3,4)9-16-12(14)15-8-11-6-5-7-17-11/h10-11H,5-9H2,1-4H3,(H3,14,15,16). The predicted molar refractivity (Wildman–Crippen MR) is 72.1 cm³/mol. The van der Waals surface area contributed by atoms with E-state index in [-0.39, 0.29) is 5.41 Å². The van der Waals surface area contributed by atoms with Gasteiger partial charge in [0.15, 0.2) is 5.96 Å². The Morgan fingerprint density at radius 3 is 2.76 bits per heavy atom. The predicted octanol–water partition coefficient (Wildman–Crippen LogP) is 1.75. The van der Waals surface area contributed by atoms with Gasteiger partial charge in [-0.25, -0.2) is 0 Å². The zero-order valence-electron chi connectivity index (χ0n) is 11.6. The van der Waals surface area contributed by atoms with E-state index in [9.17, 15) is 0 Å². The lowest BCUT2D eigenvalue weighted by molar-refractivity contribution is 0.114. The van der Waals surface area contributed by atoms with E-state index >= 15 is 0 Å². The third-order valence-corrected chi connectivity index (χ3v) is 3.75. The van der Waals surface area contributed by atoms with Crippen LogP contribution in [0.25, 0.3) is 0 Å². The van der Waals surface area contributed by atoms with Crippen LogP contribution in [0.15, 0.2) is 4.99 Å². The van der Waals surface area contributed by atoms with Crippen molar-refractivity contribution in [2.24, 2.45) is 22.1 Å². The molecule has 0 aromatic rings. The summed E-state index contributed by atoms with van der Waals surface area (Å²) in [4.78, 5) is 4.41. The fraction of sp³-hybridized carbons (Fsp3) is 0.923. The summed E-state index contributed by atoms with van der Waals surface area (Å²) in [5, 5.41) is 3.14. The largest absolute Gasteiger partial charge is 0.376 e. The molecule has 1 fully saturated rings. The minimum absolute atomic E-state index is 0.191. The van der Waals surface area contributed by atoms with Gasteiger partial charge in [-0.2, -0.15) is 0 Å². The highest BCUT2D eigenvalue weighted by molar-refractivity contribution is 5.77. The van der Waals surface area contributed by atoms with E-state index in [0.717, 1.165) is 32.5 Å². The van der Waals surface area contributed by atoms with E-state index in [2.05, 4.69) is 38.0 Å². The highest BCUT2D eigenvalue weighted by atomic mass is 16.5. The molecule has 0 spiro atoms. The van der Waals surface area contributed by atoms with E-state index in [1.807, 2.05) is 0 Å². The number of ether oxygens (including phenoxy) is 1. The van der Waals surface area contributed by atoms with Crippen LogP contribution in [0.1, 0.15) is 40.5 Å². The first-order chi connectivity index (χ1) is 7.92. The fourth-order valence-electron chi connectivity index (χ4n) is 1.55. The molecule has 0 aliphatic carbocycles. The number of nitrogens with one attached hydrogen (secondary N) is 1. The number of nitrogens with zero attached hydrogens (tertiary/aromatic N) is 1. The van der Waals surface area contributed by atoms with Crippen molar-refractivity contribution in [1.82, 2.24) is 5.32 Å². The van der Waals surface area contributed by atoms with Gasteiger partial charge in [0.05, 0.1) is 6.10 Å². The number of rotatable bonds is 5. The van der Waals surface area contributed by atoms with E-state index in [1.54, 1.807) is 0 Å². The van der Waals surface area contributed by atoms with Gasteiger partial charge in [0.25, 0.3) is 0 Å². The Labute approximate surface area is 105 Å². The second kappa shape index (κ2) is 6.24. The zero-order chi connectivity index (χ0) is 12.9. The van der Waals surface area contributed by atoms with Gasteiger partial charge < -0.3 is 15.8 Å². The van der Waals surface area contributed by atoms with Gasteiger partial charge in [-0.3, -0.25) is 4.99 Å². The van der Waals surface area contributed by atoms with Gasteiger partial charge in [-0.05, 0) is 24.2 Å². The van der Waals surface area contributed by atoms with Gasteiger partial charge in [0.1, 0.15) is 0 Å². The first kappa shape index (κ1) is 14.3. The Hall–Kier alpha value is -0.770. The molecule has 1 heterocycles. The first-order valence-electron chi connectivity index (χ1n) is 6.57. The molecule has 17 heavy (non-hydrogen) atoms. The third-order valence-electron chi connectivity index (χ3n) is 3.75. The molecule has 4 nitrogen and oxygen atoms in total. The maximum atomic E-state index is 5.84. The van der Waals surface area contributed by atoms with Crippen LogP contribution in [0.5, 0.6) is 0 Å². The van der Waals surface area contributed by atoms with Crippen molar-refractivity contribution in [2.75, 3.05) is 19.7 Å². The summed E-state index contributed by atoms with van der Waals surface area (Å²) >= 11 is 0. The van der Waals surface area contributed by atoms with Crippen molar-refractivity contribution in [2.45, 2.75) is 46.6 Å². The Balaban J connectivity index is 2.28. The smallest absolute Gasteiger partial charge is 0.188 e. The van der Waals surface area contributed by atoms with Gasteiger partial charge in [-0.1, -0.05) is 27.7 Å². The minimum atomic E-state index is 0.191. The summed E-state index contributed by atoms with van der Waals surface area (Å²) in [7, 11) is 0. The number of guanidine groups is 1. The van der Waals surface area contributed by atoms with Crippen molar-refractivity contribution in [1.29, 1.82) is 0 Å². The minimum Gasteiger partial charge on any atom is -0.376 e. The quantitative estimate of drug-likeness (QED) is 0.569. The summed E-state index contributed by atoms with van der Waals surface area (Å²) in [5.74, 6) is 1.13. The Morgan fingerprint density at radius 1 is 1.53 bits per heavy atom. The molecule has 1 atom stereocenters. The van der Waals surface area contributed by atoms with Gasteiger partial charge >= 0.3 is 0 Å². The molecular weight excluding hydrogens is 214 g/mol. The molecule has 0 radical (unpaired) electrons. The Kier molecular flexibility index (Phi) is 5.25. The average molecular weight is 241 g/mol. The normalized spacial score (nSPS) is 22.2. The molecule has 0 aromatic heterocycles. The topological polar surface area (TPSA) is 59.6 Å². The van der Waals surface area contributed by atoms with E-state index in [0.29, 0.717) is 18.0 Å². The average Bonchev–Trinajstić information content (AvgIpc) is 2.76. The second-order valence-electron chi connectivity index (χ2n) is 5.86. The molecule has 0 saturated carbocycles. The molecule has 1 aliphatic rings. The van der Waals surface area contributed by atoms with Crippen LogP contribution < -0.4 is 11.1 Å². The molecule has 1 unspecified atom stereocenters. The molecule has 1 aliphatic heterocycles. The van der Waals surface area contributed by atoms with E-state index < -0.39 is 0 Å². The summed E-state index contributed by atoms with van der Waals surface area (Å²) in [6.45, 7) is 11.3. The van der Waals surface area contributed by atoms with Crippen molar-refractivity contribution >= 4 is 5.96 Å². The number of hydrogen-bond acceptors (Lipinski definition) is 2. The van der Waals surface area contributed by atoms with Crippen LogP contribution in [0.4, 0.5) is 0 Å². The van der Waals surface area contributed by atoms with Crippen LogP contribution in [0.2, 0.25) is 0 Å². The van der Waals surface area contributed by atoms with Crippen LogP contribution in [0.3, 0.4) is 0 Å². The zero-order valence-corrected chi connectivity index (χ0v) is 11.6. The highest BCUT2D eigenvalue weighted by Crippen LogP contribution is 2.25. The lowest BCUT2D eigenvalue weighted by atomic mass is 9.81. The molecule has 0 bridgehead atoms. The fourth-order valence-corrected chi connectivity index (χ4v) is 1.55. The van der Waals surface area contributed by atoms with Gasteiger partial charge in [-0.15, -0.1) is 0 Å². The molecule has 100 valence electrons. The molecule has 4 heteroatoms.